The Hall–Kier alpha value is -1.84. The van der Waals surface area contributed by atoms with Gasteiger partial charge in [0.15, 0.2) is 0 Å². The van der Waals surface area contributed by atoms with Gasteiger partial charge in [0, 0.05) is 0 Å². The zero-order valence-electron chi connectivity index (χ0n) is 13.3. The molecule has 1 N–H and O–H groups in total. The van der Waals surface area contributed by atoms with Gasteiger partial charge in [-0.25, -0.2) is 0 Å². The van der Waals surface area contributed by atoms with E-state index in [0.717, 1.165) is 16.3 Å². The zero-order valence-corrected chi connectivity index (χ0v) is 15.4. The summed E-state index contributed by atoms with van der Waals surface area (Å²) < 4.78 is 4.68. The van der Waals surface area contributed by atoms with Crippen LogP contribution in [0.4, 0.5) is 4.79 Å². The first-order valence-electron chi connectivity index (χ1n) is 7.98. The van der Waals surface area contributed by atoms with Crippen LogP contribution in [0.15, 0.2) is 42.5 Å². The maximum atomic E-state index is 12.4. The molecule has 1 aliphatic rings. The van der Waals surface area contributed by atoms with Crippen molar-refractivity contribution in [1.29, 1.82) is 0 Å². The third kappa shape index (κ3) is 3.97. The van der Waals surface area contributed by atoms with Crippen molar-refractivity contribution in [2.75, 3.05) is 26.3 Å². The first-order valence-corrected chi connectivity index (χ1v) is 10.2. The standard InChI is InChI=1S/C18H20AsNO4/c21-17(22)16(19-18(23)20-8-10-24-11-9-20)12-14-6-3-5-13-4-1-2-7-15(13)14/h1-7,16,19H,8-12H2,(H,21,22)/t16-/m0/s1. The first kappa shape index (κ1) is 17.0. The topological polar surface area (TPSA) is 66.8 Å². The van der Waals surface area contributed by atoms with E-state index in [1.807, 2.05) is 42.5 Å². The Morgan fingerprint density at radius 2 is 1.83 bits per heavy atom. The first-order chi connectivity index (χ1) is 11.6. The number of benzene rings is 2. The van der Waals surface area contributed by atoms with E-state index in [0.29, 0.717) is 32.7 Å². The van der Waals surface area contributed by atoms with E-state index in [2.05, 4.69) is 0 Å². The van der Waals surface area contributed by atoms with Crippen molar-refractivity contribution in [3.8, 4) is 0 Å². The molecule has 1 fully saturated rings. The van der Waals surface area contributed by atoms with Crippen molar-refractivity contribution >= 4 is 37.2 Å². The van der Waals surface area contributed by atoms with Crippen LogP contribution >= 0.6 is 0 Å². The molecule has 2 aromatic carbocycles. The van der Waals surface area contributed by atoms with Gasteiger partial charge in [0.25, 0.3) is 0 Å². The molecule has 1 amide bonds. The molecule has 6 heteroatoms. The molecule has 0 aromatic heterocycles. The fourth-order valence-electron chi connectivity index (χ4n) is 2.90. The number of carbonyl (C=O) groups is 2. The molecule has 1 heterocycles. The molecule has 126 valence electrons. The molecule has 5 nitrogen and oxygen atoms in total. The molecule has 0 bridgehead atoms. The second-order valence-corrected chi connectivity index (χ2v) is 8.75. The molecule has 3 rings (SSSR count). The molecule has 0 radical (unpaired) electrons. The van der Waals surface area contributed by atoms with Crippen LogP contribution in [0.25, 0.3) is 10.8 Å². The Kier molecular flexibility index (Phi) is 5.54. The molecule has 1 aliphatic heterocycles. The van der Waals surface area contributed by atoms with Crippen LogP contribution in [0.3, 0.4) is 0 Å². The SMILES string of the molecule is O=C(O)[C@H](Cc1cccc2ccccc12)[AsH]C(=O)N1CCOCC1. The number of ether oxygens (including phenoxy) is 1. The number of fused-ring (bicyclic) bond motifs is 1. The Morgan fingerprint density at radius 1 is 1.12 bits per heavy atom. The number of carboxylic acids is 1. The number of aliphatic carboxylic acids is 1. The van der Waals surface area contributed by atoms with E-state index in [4.69, 9.17) is 4.74 Å². The van der Waals surface area contributed by atoms with Gasteiger partial charge in [-0.3, -0.25) is 0 Å². The summed E-state index contributed by atoms with van der Waals surface area (Å²) in [6.45, 7) is 2.23. The van der Waals surface area contributed by atoms with Crippen LogP contribution in [-0.4, -0.2) is 62.7 Å². The van der Waals surface area contributed by atoms with E-state index in [1.165, 1.54) is 0 Å². The predicted octanol–water partition coefficient (Wildman–Crippen LogP) is 2.14. The van der Waals surface area contributed by atoms with Gasteiger partial charge in [0.05, 0.1) is 0 Å². The summed E-state index contributed by atoms with van der Waals surface area (Å²) in [5, 5.41) is 11.8. The van der Waals surface area contributed by atoms with Crippen molar-refractivity contribution in [2.24, 2.45) is 0 Å². The van der Waals surface area contributed by atoms with E-state index in [-0.39, 0.29) is 4.69 Å². The van der Waals surface area contributed by atoms with Gasteiger partial charge < -0.3 is 0 Å². The summed E-state index contributed by atoms with van der Waals surface area (Å²) in [5.74, 6) is -0.871. The van der Waals surface area contributed by atoms with Crippen LogP contribution in [0.5, 0.6) is 0 Å². The molecule has 24 heavy (non-hydrogen) atoms. The number of carboxylic acid groups (broad SMARTS) is 1. The summed E-state index contributed by atoms with van der Waals surface area (Å²) in [5.41, 5.74) is 0.999. The third-order valence-electron chi connectivity index (χ3n) is 4.20. The number of hydrogen-bond acceptors (Lipinski definition) is 3. The van der Waals surface area contributed by atoms with Crippen molar-refractivity contribution in [3.05, 3.63) is 48.0 Å². The Bertz CT molecular complexity index is 737. The Labute approximate surface area is 147 Å². The molecule has 1 saturated heterocycles. The van der Waals surface area contributed by atoms with Crippen LogP contribution in [0, 0.1) is 0 Å². The van der Waals surface area contributed by atoms with Crippen molar-refractivity contribution in [1.82, 2.24) is 4.90 Å². The zero-order chi connectivity index (χ0) is 16.9. The number of carbonyl (C=O) groups excluding carboxylic acids is 1. The average molecular weight is 389 g/mol. The minimum absolute atomic E-state index is 0.0194. The van der Waals surface area contributed by atoms with Crippen molar-refractivity contribution in [2.45, 2.75) is 11.1 Å². The second kappa shape index (κ2) is 7.82. The molecule has 2 aromatic rings. The van der Waals surface area contributed by atoms with Gasteiger partial charge in [0.2, 0.25) is 0 Å². The van der Waals surface area contributed by atoms with E-state index in [1.54, 1.807) is 4.90 Å². The third-order valence-corrected chi connectivity index (χ3v) is 7.06. The number of amides is 1. The van der Waals surface area contributed by atoms with E-state index in [9.17, 15) is 14.7 Å². The van der Waals surface area contributed by atoms with Gasteiger partial charge >= 0.3 is 147 Å². The number of nitrogens with zero attached hydrogens (tertiary/aromatic N) is 1. The molecule has 0 spiro atoms. The van der Waals surface area contributed by atoms with Gasteiger partial charge in [-0.15, -0.1) is 0 Å². The summed E-state index contributed by atoms with van der Waals surface area (Å²) in [7, 11) is 0. The van der Waals surface area contributed by atoms with Crippen LogP contribution < -0.4 is 0 Å². The molecule has 0 aliphatic carbocycles. The maximum absolute atomic E-state index is 12.4. The molecule has 2 atom stereocenters. The molecule has 1 unspecified atom stereocenters. The van der Waals surface area contributed by atoms with Gasteiger partial charge in [-0.05, 0) is 0 Å². The normalized spacial score (nSPS) is 16.6. The summed E-state index contributed by atoms with van der Waals surface area (Å²) >= 11 is -1.28. The minimum atomic E-state index is -1.28. The van der Waals surface area contributed by atoms with Crippen molar-refractivity contribution in [3.63, 3.8) is 0 Å². The van der Waals surface area contributed by atoms with Gasteiger partial charge in [-0.2, -0.15) is 0 Å². The number of morpholine rings is 1. The quantitative estimate of drug-likeness (QED) is 0.796. The van der Waals surface area contributed by atoms with Crippen LogP contribution in [-0.2, 0) is 16.0 Å². The fraction of sp³-hybridized carbons (Fsp3) is 0.333. The van der Waals surface area contributed by atoms with Gasteiger partial charge in [-0.1, -0.05) is 0 Å². The Balaban J connectivity index is 1.76. The molecular formula is C18H20AsNO4. The predicted molar refractivity (Wildman–Crippen MR) is 94.0 cm³/mol. The Morgan fingerprint density at radius 3 is 2.58 bits per heavy atom. The summed E-state index contributed by atoms with van der Waals surface area (Å²) in [6, 6.07) is 13.9. The van der Waals surface area contributed by atoms with Gasteiger partial charge in [0.1, 0.15) is 0 Å². The average Bonchev–Trinajstić information content (AvgIpc) is 2.62. The van der Waals surface area contributed by atoms with Crippen molar-refractivity contribution < 1.29 is 19.4 Å². The fourth-order valence-corrected chi connectivity index (χ4v) is 5.31. The number of hydrogen-bond donors (Lipinski definition) is 1. The molecular weight excluding hydrogens is 369 g/mol. The summed E-state index contributed by atoms with van der Waals surface area (Å²) in [4.78, 5) is 25.9. The van der Waals surface area contributed by atoms with Crippen LogP contribution in [0.2, 0.25) is 4.71 Å². The van der Waals surface area contributed by atoms with Crippen LogP contribution in [0.1, 0.15) is 5.56 Å². The van der Waals surface area contributed by atoms with E-state index >= 15 is 0 Å². The molecule has 0 saturated carbocycles. The summed E-state index contributed by atoms with van der Waals surface area (Å²) in [6.07, 6.45) is 0.409. The second-order valence-electron chi connectivity index (χ2n) is 5.78. The monoisotopic (exact) mass is 389 g/mol. The van der Waals surface area contributed by atoms with E-state index < -0.39 is 26.4 Å². The number of rotatable bonds is 5.